The van der Waals surface area contributed by atoms with E-state index in [4.69, 9.17) is 14.7 Å². The maximum Gasteiger partial charge on any atom is 0.156 e. The lowest BCUT2D eigenvalue weighted by molar-refractivity contribution is 0.186. The molecule has 200 valence electrons. The van der Waals surface area contributed by atoms with Gasteiger partial charge in [-0.2, -0.15) is 0 Å². The van der Waals surface area contributed by atoms with Crippen LogP contribution >= 0.6 is 0 Å². The molecule has 0 radical (unpaired) electrons. The maximum absolute atomic E-state index is 6.34. The molecule has 0 aliphatic carbocycles. The first-order chi connectivity index (χ1) is 18.0. The first-order valence-electron chi connectivity index (χ1n) is 14.3. The van der Waals surface area contributed by atoms with Crippen LogP contribution in [0.3, 0.4) is 0 Å². The van der Waals surface area contributed by atoms with Crippen LogP contribution in [0.5, 0.6) is 5.75 Å². The Hall–Kier alpha value is -2.80. The molecule has 5 rings (SSSR count). The minimum Gasteiger partial charge on any atom is -0.491 e. The minimum absolute atomic E-state index is 0.112. The topological polar surface area (TPSA) is 48.0 Å². The number of hydrogen-bond acceptors (Lipinski definition) is 7. The van der Waals surface area contributed by atoms with Gasteiger partial charge in [-0.05, 0) is 64.8 Å². The van der Waals surface area contributed by atoms with E-state index in [9.17, 15) is 0 Å². The monoisotopic (exact) mass is 504 g/mol. The van der Waals surface area contributed by atoms with Crippen LogP contribution in [0.2, 0.25) is 0 Å². The van der Waals surface area contributed by atoms with Crippen molar-refractivity contribution in [2.45, 2.75) is 78.0 Å². The van der Waals surface area contributed by atoms with Crippen molar-refractivity contribution in [3.8, 4) is 5.75 Å². The third-order valence-electron chi connectivity index (χ3n) is 8.20. The quantitative estimate of drug-likeness (QED) is 0.496. The number of hydrogen-bond donors (Lipinski definition) is 0. The molecule has 1 unspecified atom stereocenters. The van der Waals surface area contributed by atoms with E-state index in [0.29, 0.717) is 18.5 Å². The minimum atomic E-state index is 0.112. The molecule has 2 saturated heterocycles. The first-order valence-corrected chi connectivity index (χ1v) is 14.3. The van der Waals surface area contributed by atoms with E-state index < -0.39 is 0 Å². The zero-order chi connectivity index (χ0) is 25.9. The van der Waals surface area contributed by atoms with Crippen LogP contribution in [0.15, 0.2) is 36.7 Å². The van der Waals surface area contributed by atoms with Gasteiger partial charge in [0.1, 0.15) is 17.3 Å². The Bertz CT molecular complexity index is 1090. The highest BCUT2D eigenvalue weighted by Crippen LogP contribution is 2.36. The van der Waals surface area contributed by atoms with Crippen LogP contribution < -0.4 is 19.4 Å². The summed E-state index contributed by atoms with van der Waals surface area (Å²) in [7, 11) is 2.08. The molecular weight excluding hydrogens is 460 g/mol. The Kier molecular flexibility index (Phi) is 7.89. The van der Waals surface area contributed by atoms with Gasteiger partial charge in [0.25, 0.3) is 0 Å². The Morgan fingerprint density at radius 1 is 1.08 bits per heavy atom. The summed E-state index contributed by atoms with van der Waals surface area (Å²) in [6.45, 7) is 14.3. The number of benzene rings is 1. The molecule has 7 nitrogen and oxygen atoms in total. The zero-order valence-electron chi connectivity index (χ0n) is 23.4. The molecule has 0 bridgehead atoms. The predicted octanol–water partition coefficient (Wildman–Crippen LogP) is 5.10. The highest BCUT2D eigenvalue weighted by atomic mass is 16.5. The van der Waals surface area contributed by atoms with Crippen molar-refractivity contribution < 1.29 is 4.74 Å². The second-order valence-corrected chi connectivity index (χ2v) is 10.9. The molecule has 1 aromatic carbocycles. The molecule has 3 aliphatic rings. The third-order valence-corrected chi connectivity index (χ3v) is 8.20. The lowest BCUT2D eigenvalue weighted by atomic mass is 10.0. The molecule has 4 heterocycles. The summed E-state index contributed by atoms with van der Waals surface area (Å²) in [4.78, 5) is 19.6. The smallest absolute Gasteiger partial charge is 0.156 e. The second-order valence-electron chi connectivity index (χ2n) is 10.9. The van der Waals surface area contributed by atoms with Crippen LogP contribution in [0.25, 0.3) is 0 Å². The molecule has 37 heavy (non-hydrogen) atoms. The standard InChI is InChI=1S/C30H44N6O/c1-6-34(7-2)24-13-17-35(18-14-24)26-11-10-23(28(20-26)37-22(3)4)19-29-31-21-27-30(32-29)36-15-8-9-25(36)12-16-33(27)5/h10-12,16,20-22,24-25H,6-9,13-15,17-19H2,1-5H3. The van der Waals surface area contributed by atoms with Gasteiger partial charge in [-0.25, -0.2) is 9.97 Å². The fourth-order valence-corrected chi connectivity index (χ4v) is 6.16. The van der Waals surface area contributed by atoms with E-state index in [1.165, 1.54) is 31.4 Å². The van der Waals surface area contributed by atoms with Crippen molar-refractivity contribution in [1.29, 1.82) is 0 Å². The zero-order valence-corrected chi connectivity index (χ0v) is 23.4. The van der Waals surface area contributed by atoms with Crippen molar-refractivity contribution in [2.75, 3.05) is 54.5 Å². The molecule has 2 fully saturated rings. The lowest BCUT2D eigenvalue weighted by Crippen LogP contribution is -2.44. The fourth-order valence-electron chi connectivity index (χ4n) is 6.16. The summed E-state index contributed by atoms with van der Waals surface area (Å²) in [6.07, 6.45) is 12.0. The number of aromatic nitrogens is 2. The second kappa shape index (κ2) is 11.3. The van der Waals surface area contributed by atoms with Crippen molar-refractivity contribution in [3.63, 3.8) is 0 Å². The largest absolute Gasteiger partial charge is 0.491 e. The number of ether oxygens (including phenoxy) is 1. The Balaban J connectivity index is 1.36. The summed E-state index contributed by atoms with van der Waals surface area (Å²) in [5.74, 6) is 2.86. The van der Waals surface area contributed by atoms with Gasteiger partial charge in [0.05, 0.1) is 18.3 Å². The van der Waals surface area contributed by atoms with Crippen LogP contribution in [0.1, 0.15) is 64.8 Å². The molecule has 2 aromatic rings. The molecule has 0 amide bonds. The lowest BCUT2D eigenvalue weighted by Gasteiger charge is -2.39. The van der Waals surface area contributed by atoms with E-state index in [0.717, 1.165) is 61.4 Å². The molecular formula is C30H44N6O. The van der Waals surface area contributed by atoms with Crippen molar-refractivity contribution in [1.82, 2.24) is 14.9 Å². The highest BCUT2D eigenvalue weighted by molar-refractivity contribution is 5.70. The Morgan fingerprint density at radius 2 is 1.86 bits per heavy atom. The normalized spacial score (nSPS) is 20.0. The molecule has 1 aromatic heterocycles. The summed E-state index contributed by atoms with van der Waals surface area (Å²) in [5.41, 5.74) is 3.48. The number of fused-ring (bicyclic) bond motifs is 3. The van der Waals surface area contributed by atoms with Gasteiger partial charge in [0.15, 0.2) is 5.82 Å². The SMILES string of the molecule is CCN(CC)C1CCN(c2ccc(Cc3ncc4c(n3)N3CCCC3C=CN4C)c(OC(C)C)c2)CC1. The van der Waals surface area contributed by atoms with Crippen LogP contribution in [0, 0.1) is 0 Å². The van der Waals surface area contributed by atoms with Gasteiger partial charge in [-0.15, -0.1) is 0 Å². The third kappa shape index (κ3) is 5.57. The number of anilines is 3. The average Bonchev–Trinajstić information content (AvgIpc) is 3.33. The van der Waals surface area contributed by atoms with E-state index >= 15 is 0 Å². The van der Waals surface area contributed by atoms with Gasteiger partial charge >= 0.3 is 0 Å². The van der Waals surface area contributed by atoms with Crippen LogP contribution in [-0.4, -0.2) is 72.8 Å². The molecule has 3 aliphatic heterocycles. The summed E-state index contributed by atoms with van der Waals surface area (Å²) < 4.78 is 6.34. The fraction of sp³-hybridized carbons (Fsp3) is 0.600. The van der Waals surface area contributed by atoms with E-state index in [1.54, 1.807) is 0 Å². The maximum atomic E-state index is 6.34. The van der Waals surface area contributed by atoms with Gasteiger partial charge in [0.2, 0.25) is 0 Å². The first kappa shape index (κ1) is 25.8. The van der Waals surface area contributed by atoms with Crippen molar-refractivity contribution in [3.05, 3.63) is 48.1 Å². The summed E-state index contributed by atoms with van der Waals surface area (Å²) in [6, 6.07) is 7.86. The molecule has 0 N–H and O–H groups in total. The van der Waals surface area contributed by atoms with Crippen LogP contribution in [-0.2, 0) is 6.42 Å². The summed E-state index contributed by atoms with van der Waals surface area (Å²) >= 11 is 0. The number of nitrogens with zero attached hydrogens (tertiary/aromatic N) is 6. The molecule has 0 saturated carbocycles. The average molecular weight is 505 g/mol. The van der Waals surface area contributed by atoms with E-state index in [-0.39, 0.29) is 6.10 Å². The molecule has 0 spiro atoms. The van der Waals surface area contributed by atoms with Gasteiger partial charge in [-0.1, -0.05) is 19.9 Å². The molecule has 7 heteroatoms. The van der Waals surface area contributed by atoms with Crippen LogP contribution in [0.4, 0.5) is 17.2 Å². The van der Waals surface area contributed by atoms with E-state index in [2.05, 4.69) is 84.8 Å². The van der Waals surface area contributed by atoms with Crippen molar-refractivity contribution in [2.24, 2.45) is 0 Å². The summed E-state index contributed by atoms with van der Waals surface area (Å²) in [5, 5.41) is 0. The Morgan fingerprint density at radius 3 is 2.59 bits per heavy atom. The Labute approximate surface area is 223 Å². The molecule has 1 atom stereocenters. The van der Waals surface area contributed by atoms with Gasteiger partial charge in [0, 0.05) is 62.7 Å². The van der Waals surface area contributed by atoms with Gasteiger partial charge in [-0.3, -0.25) is 0 Å². The van der Waals surface area contributed by atoms with Gasteiger partial charge < -0.3 is 24.3 Å². The predicted molar refractivity (Wildman–Crippen MR) is 153 cm³/mol. The number of rotatable bonds is 8. The van der Waals surface area contributed by atoms with E-state index in [1.807, 2.05) is 6.20 Å². The highest BCUT2D eigenvalue weighted by Gasteiger charge is 2.29. The number of piperidine rings is 1. The van der Waals surface area contributed by atoms with Crippen molar-refractivity contribution >= 4 is 17.2 Å².